The van der Waals surface area contributed by atoms with Crippen molar-refractivity contribution < 1.29 is 8.42 Å². The number of hydrogen-bond donors (Lipinski definition) is 0. The minimum atomic E-state index is -3.27. The van der Waals surface area contributed by atoms with E-state index in [-0.39, 0.29) is 4.90 Å². The quantitative estimate of drug-likeness (QED) is 0.722. The van der Waals surface area contributed by atoms with Crippen LogP contribution in [0.5, 0.6) is 0 Å². The zero-order valence-electron chi connectivity index (χ0n) is 5.29. The molecule has 0 aliphatic rings. The summed E-state index contributed by atoms with van der Waals surface area (Å²) in [6.45, 7) is 0. The Balaban J connectivity index is 3.20. The van der Waals surface area contributed by atoms with Crippen molar-refractivity contribution in [1.82, 2.24) is 0 Å². The molecule has 0 bridgehead atoms. The van der Waals surface area contributed by atoms with Gasteiger partial charge >= 0.3 is 0 Å². The minimum Gasteiger partial charge on any atom is -0.212 e. The maximum Gasteiger partial charge on any atom is 0.237 e. The van der Waals surface area contributed by atoms with Crippen LogP contribution in [0.1, 0.15) is 0 Å². The van der Waals surface area contributed by atoms with Crippen LogP contribution >= 0.6 is 26.4 Å². The highest BCUT2D eigenvalue weighted by Gasteiger charge is 2.07. The van der Waals surface area contributed by atoms with Crippen molar-refractivity contribution in [3.63, 3.8) is 0 Å². The van der Waals surface area contributed by atoms with Gasteiger partial charge in [0.2, 0.25) is 8.27 Å². The van der Waals surface area contributed by atoms with Crippen molar-refractivity contribution in [3.05, 3.63) is 29.3 Å². The lowest BCUT2D eigenvalue weighted by Gasteiger charge is -1.94. The van der Waals surface area contributed by atoms with Gasteiger partial charge in [-0.15, -0.1) is 0 Å². The Hall–Kier alpha value is -0.0600. The average molecular weight is 256 g/mol. The van der Waals surface area contributed by atoms with Crippen molar-refractivity contribution in [2.24, 2.45) is 0 Å². The molecule has 0 spiro atoms. The fourth-order valence-corrected chi connectivity index (χ4v) is 1.83. The molecule has 0 atom stereocenters. The van der Waals surface area contributed by atoms with Gasteiger partial charge in [-0.1, -0.05) is 11.6 Å². The van der Waals surface area contributed by atoms with E-state index in [9.17, 15) is 8.42 Å². The molecule has 0 amide bonds. The third kappa shape index (κ3) is 2.47. The van der Waals surface area contributed by atoms with Gasteiger partial charge in [-0.25, -0.2) is 8.42 Å². The Morgan fingerprint density at radius 1 is 1.18 bits per heavy atom. The first-order valence-corrected chi connectivity index (χ1v) is 6.41. The van der Waals surface area contributed by atoms with Crippen LogP contribution in [0.25, 0.3) is 0 Å². The van der Waals surface area contributed by atoms with Gasteiger partial charge in [0.25, 0.3) is 0 Å². The molecule has 1 aromatic rings. The summed E-state index contributed by atoms with van der Waals surface area (Å²) >= 11 is 8.09. The monoisotopic (exact) mass is 254 g/mol. The predicted molar refractivity (Wildman–Crippen MR) is 47.6 cm³/mol. The first-order valence-electron chi connectivity index (χ1n) is 2.70. The molecular weight excluding hydrogens is 251 g/mol. The molecule has 0 fully saturated rings. The normalized spacial score (nSPS) is 11.5. The summed E-state index contributed by atoms with van der Waals surface area (Å²) in [5.74, 6) is 0. The number of halogens is 2. The summed E-state index contributed by atoms with van der Waals surface area (Å²) in [6, 6.07) is 5.92. The van der Waals surface area contributed by atoms with Crippen LogP contribution in [-0.4, -0.2) is 8.42 Å². The summed E-state index contributed by atoms with van der Waals surface area (Å²) in [5.41, 5.74) is 0. The van der Waals surface area contributed by atoms with E-state index in [1.807, 2.05) is 0 Å². The van der Waals surface area contributed by atoms with E-state index < -0.39 is 8.27 Å². The van der Waals surface area contributed by atoms with Crippen LogP contribution in [0, 0.1) is 0 Å². The Kier molecular flexibility index (Phi) is 2.57. The van der Waals surface area contributed by atoms with E-state index in [1.165, 1.54) is 24.3 Å². The van der Waals surface area contributed by atoms with Crippen LogP contribution < -0.4 is 0 Å². The van der Waals surface area contributed by atoms with E-state index in [1.54, 1.807) is 0 Å². The highest BCUT2D eigenvalue weighted by Crippen LogP contribution is 2.18. The molecule has 0 saturated carbocycles. The van der Waals surface area contributed by atoms with Gasteiger partial charge < -0.3 is 0 Å². The summed E-state index contributed by atoms with van der Waals surface area (Å²) < 4.78 is 21.6. The summed E-state index contributed by atoms with van der Waals surface area (Å²) in [4.78, 5) is 0.210. The lowest BCUT2D eigenvalue weighted by Crippen LogP contribution is -1.87. The van der Waals surface area contributed by atoms with E-state index in [0.717, 1.165) is 0 Å². The third-order valence-electron chi connectivity index (χ3n) is 1.10. The van der Waals surface area contributed by atoms with E-state index in [0.29, 0.717) is 5.02 Å². The highest BCUT2D eigenvalue weighted by molar-refractivity contribution is 9.47. The molecule has 60 valence electrons. The maximum atomic E-state index is 10.8. The van der Waals surface area contributed by atoms with Gasteiger partial charge in [-0.3, -0.25) is 0 Å². The van der Waals surface area contributed by atoms with Gasteiger partial charge in [0, 0.05) is 5.02 Å². The van der Waals surface area contributed by atoms with Gasteiger partial charge in [-0.2, -0.15) is 0 Å². The Morgan fingerprint density at radius 2 is 1.64 bits per heavy atom. The molecule has 0 unspecified atom stereocenters. The van der Waals surface area contributed by atoms with Crippen molar-refractivity contribution in [2.45, 2.75) is 4.90 Å². The molecular formula is C6H4BrClO2S. The molecule has 1 rings (SSSR count). The van der Waals surface area contributed by atoms with Crippen LogP contribution in [0.15, 0.2) is 29.2 Å². The van der Waals surface area contributed by atoms with Crippen LogP contribution in [-0.2, 0) is 8.27 Å². The molecule has 1 aromatic carbocycles. The highest BCUT2D eigenvalue weighted by atomic mass is 79.9. The standard InChI is InChI=1S/C6H4BrClO2S/c7-11(9,10)6-3-1-5(8)2-4-6/h1-4H. The van der Waals surface area contributed by atoms with Gasteiger partial charge in [0.15, 0.2) is 0 Å². The van der Waals surface area contributed by atoms with Crippen molar-refractivity contribution in [2.75, 3.05) is 0 Å². The fraction of sp³-hybridized carbons (Fsp3) is 0. The zero-order valence-corrected chi connectivity index (χ0v) is 8.45. The van der Waals surface area contributed by atoms with E-state index in [2.05, 4.69) is 14.8 Å². The summed E-state index contributed by atoms with van der Waals surface area (Å²) in [7, 11) is -3.27. The van der Waals surface area contributed by atoms with E-state index in [4.69, 9.17) is 11.6 Å². The first-order chi connectivity index (χ1) is 5.00. The smallest absolute Gasteiger partial charge is 0.212 e. The Morgan fingerprint density at radius 3 is 2.00 bits per heavy atom. The second kappa shape index (κ2) is 3.13. The molecule has 0 saturated heterocycles. The topological polar surface area (TPSA) is 34.1 Å². The van der Waals surface area contributed by atoms with Gasteiger partial charge in [-0.05, 0) is 24.3 Å². The van der Waals surface area contributed by atoms with Crippen molar-refractivity contribution >= 4 is 34.7 Å². The first kappa shape index (κ1) is 9.03. The second-order valence-electron chi connectivity index (χ2n) is 1.89. The van der Waals surface area contributed by atoms with Crippen LogP contribution in [0.4, 0.5) is 0 Å². The largest absolute Gasteiger partial charge is 0.237 e. The molecule has 11 heavy (non-hydrogen) atoms. The molecule has 0 radical (unpaired) electrons. The fourth-order valence-electron chi connectivity index (χ4n) is 0.597. The molecule has 0 heterocycles. The lowest BCUT2D eigenvalue weighted by molar-refractivity contribution is 0.611. The SMILES string of the molecule is O=S(=O)(Br)c1ccc(Cl)cc1. The maximum absolute atomic E-state index is 10.8. The Bertz CT molecular complexity index is 343. The second-order valence-corrected chi connectivity index (χ2v) is 6.23. The van der Waals surface area contributed by atoms with Gasteiger partial charge in [0.05, 0.1) is 19.7 Å². The van der Waals surface area contributed by atoms with E-state index >= 15 is 0 Å². The van der Waals surface area contributed by atoms with Crippen molar-refractivity contribution in [3.8, 4) is 0 Å². The number of rotatable bonds is 1. The number of hydrogen-bond acceptors (Lipinski definition) is 2. The van der Waals surface area contributed by atoms with Gasteiger partial charge in [0.1, 0.15) is 0 Å². The zero-order chi connectivity index (χ0) is 8.48. The minimum absolute atomic E-state index is 0.210. The molecule has 5 heteroatoms. The molecule has 0 N–H and O–H groups in total. The number of benzene rings is 1. The average Bonchev–Trinajstić information content (AvgIpc) is 1.86. The molecule has 2 nitrogen and oxygen atoms in total. The van der Waals surface area contributed by atoms with Crippen LogP contribution in [0.2, 0.25) is 5.02 Å². The van der Waals surface area contributed by atoms with Crippen molar-refractivity contribution in [1.29, 1.82) is 0 Å². The molecule has 0 aromatic heterocycles. The predicted octanol–water partition coefficient (Wildman–Crippen LogP) is 2.42. The van der Waals surface area contributed by atoms with Crippen LogP contribution in [0.3, 0.4) is 0 Å². The lowest BCUT2D eigenvalue weighted by atomic mass is 10.4. The Labute approximate surface area is 77.3 Å². The summed E-state index contributed by atoms with van der Waals surface area (Å²) in [5, 5.41) is 0.518. The molecule has 0 aliphatic heterocycles. The third-order valence-corrected chi connectivity index (χ3v) is 3.30. The molecule has 0 aliphatic carbocycles. The summed E-state index contributed by atoms with van der Waals surface area (Å²) in [6.07, 6.45) is 0.